The van der Waals surface area contributed by atoms with Crippen LogP contribution in [0.2, 0.25) is 0 Å². The highest BCUT2D eigenvalue weighted by Crippen LogP contribution is 2.34. The Hall–Kier alpha value is -1.84. The number of imide groups is 1. The van der Waals surface area contributed by atoms with Crippen LogP contribution in [0, 0.1) is 6.07 Å². The summed E-state index contributed by atoms with van der Waals surface area (Å²) in [5.41, 5.74) is 2.13. The minimum Gasteiger partial charge on any atom is -0.452 e. The van der Waals surface area contributed by atoms with E-state index in [1.165, 1.54) is 31.3 Å². The lowest BCUT2D eigenvalue weighted by molar-refractivity contribution is -0.130. The average molecular weight is 316 g/mol. The molecule has 1 aliphatic rings. The zero-order chi connectivity index (χ0) is 16.8. The van der Waals surface area contributed by atoms with Gasteiger partial charge in [-0.15, -0.1) is 0 Å². The van der Waals surface area contributed by atoms with E-state index in [4.69, 9.17) is 4.74 Å². The van der Waals surface area contributed by atoms with Crippen molar-refractivity contribution in [1.82, 2.24) is 4.90 Å². The predicted molar refractivity (Wildman–Crippen MR) is 89.2 cm³/mol. The Kier molecular flexibility index (Phi) is 6.20. The lowest BCUT2D eigenvalue weighted by Gasteiger charge is -2.26. The summed E-state index contributed by atoms with van der Waals surface area (Å²) in [6.45, 7) is 3.63. The summed E-state index contributed by atoms with van der Waals surface area (Å²) in [6.07, 6.45) is 5.71. The molecular formula is C19H26NO3. The summed E-state index contributed by atoms with van der Waals surface area (Å²) in [7, 11) is 1.30. The second kappa shape index (κ2) is 8.14. The van der Waals surface area contributed by atoms with E-state index in [0.29, 0.717) is 5.92 Å². The number of hydrogen-bond acceptors (Lipinski definition) is 3. The molecule has 0 spiro atoms. The largest absolute Gasteiger partial charge is 0.452 e. The fourth-order valence-corrected chi connectivity index (χ4v) is 3.36. The van der Waals surface area contributed by atoms with Crippen molar-refractivity contribution in [3.05, 3.63) is 35.4 Å². The van der Waals surface area contributed by atoms with Crippen LogP contribution in [0.1, 0.15) is 63.0 Å². The zero-order valence-corrected chi connectivity index (χ0v) is 14.3. The fourth-order valence-electron chi connectivity index (χ4n) is 3.36. The molecule has 0 unspecified atom stereocenters. The molecule has 23 heavy (non-hydrogen) atoms. The normalized spacial score (nSPS) is 15.5. The zero-order valence-electron chi connectivity index (χ0n) is 14.3. The molecule has 2 amide bonds. The average Bonchev–Trinajstić information content (AvgIpc) is 2.55. The molecule has 1 fully saturated rings. The van der Waals surface area contributed by atoms with Crippen molar-refractivity contribution in [2.24, 2.45) is 0 Å². The van der Waals surface area contributed by atoms with E-state index < -0.39 is 6.09 Å². The summed E-state index contributed by atoms with van der Waals surface area (Å²) in [5, 5.41) is 0. The molecule has 0 atom stereocenters. The van der Waals surface area contributed by atoms with Crippen LogP contribution in [0.25, 0.3) is 0 Å². The molecule has 1 saturated carbocycles. The van der Waals surface area contributed by atoms with Crippen molar-refractivity contribution in [1.29, 1.82) is 0 Å². The summed E-state index contributed by atoms with van der Waals surface area (Å²) >= 11 is 0. The van der Waals surface area contributed by atoms with Crippen LogP contribution in [0.5, 0.6) is 0 Å². The Bertz CT molecular complexity index is 547. The van der Waals surface area contributed by atoms with Gasteiger partial charge in [-0.05, 0) is 49.8 Å². The van der Waals surface area contributed by atoms with Gasteiger partial charge in [0, 0.05) is 6.04 Å². The maximum Gasteiger partial charge on any atom is 0.416 e. The maximum absolute atomic E-state index is 12.6. The summed E-state index contributed by atoms with van der Waals surface area (Å²) in [5.74, 6) is 0.266. The summed E-state index contributed by atoms with van der Waals surface area (Å²) in [6, 6.07) is 8.92. The van der Waals surface area contributed by atoms with Gasteiger partial charge < -0.3 is 4.74 Å². The molecule has 0 heterocycles. The van der Waals surface area contributed by atoms with Crippen LogP contribution in [0.3, 0.4) is 0 Å². The number of carbonyl (C=O) groups excluding carboxylic acids is 2. The van der Waals surface area contributed by atoms with E-state index in [-0.39, 0.29) is 18.4 Å². The first-order chi connectivity index (χ1) is 11.0. The quantitative estimate of drug-likeness (QED) is 0.841. The van der Waals surface area contributed by atoms with Gasteiger partial charge in [-0.2, -0.15) is 0 Å². The maximum atomic E-state index is 12.6. The Morgan fingerprint density at radius 1 is 1.30 bits per heavy atom. The van der Waals surface area contributed by atoms with Crippen molar-refractivity contribution >= 4 is 12.0 Å². The summed E-state index contributed by atoms with van der Waals surface area (Å²) in [4.78, 5) is 25.6. The van der Waals surface area contributed by atoms with Crippen LogP contribution in [-0.2, 0) is 16.0 Å². The van der Waals surface area contributed by atoms with Gasteiger partial charge in [0.2, 0.25) is 5.91 Å². The number of carbonyl (C=O) groups is 2. The minimum absolute atomic E-state index is 0.219. The second-order valence-corrected chi connectivity index (χ2v) is 6.45. The monoisotopic (exact) mass is 316 g/mol. The molecule has 0 saturated heterocycles. The Balaban J connectivity index is 2.18. The van der Waals surface area contributed by atoms with E-state index in [2.05, 4.69) is 6.07 Å². The lowest BCUT2D eigenvalue weighted by Crippen LogP contribution is -2.42. The Morgan fingerprint density at radius 3 is 2.61 bits per heavy atom. The molecule has 0 aliphatic heterocycles. The topological polar surface area (TPSA) is 46.6 Å². The van der Waals surface area contributed by atoms with Crippen LogP contribution < -0.4 is 0 Å². The number of hydrogen-bond donors (Lipinski definition) is 0. The van der Waals surface area contributed by atoms with Crippen molar-refractivity contribution in [2.75, 3.05) is 7.11 Å². The van der Waals surface area contributed by atoms with Gasteiger partial charge in [-0.3, -0.25) is 4.79 Å². The molecular weight excluding hydrogens is 290 g/mol. The molecule has 0 N–H and O–H groups in total. The SMILES string of the molecule is COC(=O)N(C(=O)Cc1ccc[c]c1C1CCCCC1)C(C)C. The van der Waals surface area contributed by atoms with Gasteiger partial charge in [0.05, 0.1) is 13.5 Å². The van der Waals surface area contributed by atoms with Crippen LogP contribution in [0.4, 0.5) is 4.79 Å². The first-order valence-corrected chi connectivity index (χ1v) is 8.44. The summed E-state index contributed by atoms with van der Waals surface area (Å²) < 4.78 is 4.74. The molecule has 4 heteroatoms. The fraction of sp³-hybridized carbons (Fsp3) is 0.579. The van der Waals surface area contributed by atoms with E-state index in [0.717, 1.165) is 24.0 Å². The Morgan fingerprint density at radius 2 is 2.00 bits per heavy atom. The standard InChI is InChI=1S/C19H26NO3/c1-14(2)20(19(22)23-3)18(21)13-16-11-7-8-12-17(16)15-9-5-4-6-10-15/h7-8,11,14-15H,4-6,9-10,13H2,1-3H3. The van der Waals surface area contributed by atoms with Gasteiger partial charge in [-0.1, -0.05) is 37.5 Å². The number of methoxy groups -OCH3 is 1. The molecule has 4 nitrogen and oxygen atoms in total. The molecule has 1 aromatic carbocycles. The Labute approximate surface area is 138 Å². The van der Waals surface area contributed by atoms with E-state index in [1.807, 2.05) is 32.0 Å². The van der Waals surface area contributed by atoms with Crippen LogP contribution in [0.15, 0.2) is 18.2 Å². The lowest BCUT2D eigenvalue weighted by atomic mass is 9.81. The molecule has 2 rings (SSSR count). The molecule has 1 radical (unpaired) electrons. The van der Waals surface area contributed by atoms with Gasteiger partial charge in [0.1, 0.15) is 0 Å². The first-order valence-electron chi connectivity index (χ1n) is 8.44. The van der Waals surface area contributed by atoms with Gasteiger partial charge in [0.15, 0.2) is 0 Å². The van der Waals surface area contributed by atoms with Crippen LogP contribution in [-0.4, -0.2) is 30.1 Å². The van der Waals surface area contributed by atoms with Gasteiger partial charge in [0.25, 0.3) is 0 Å². The van der Waals surface area contributed by atoms with Crippen LogP contribution >= 0.6 is 0 Å². The van der Waals surface area contributed by atoms with Crippen molar-refractivity contribution in [3.8, 4) is 0 Å². The van der Waals surface area contributed by atoms with E-state index in [1.54, 1.807) is 0 Å². The van der Waals surface area contributed by atoms with Crippen molar-refractivity contribution in [3.63, 3.8) is 0 Å². The third-order valence-electron chi connectivity index (χ3n) is 4.49. The third-order valence-corrected chi connectivity index (χ3v) is 4.49. The van der Waals surface area contributed by atoms with Crippen molar-refractivity contribution < 1.29 is 14.3 Å². The highest BCUT2D eigenvalue weighted by molar-refractivity contribution is 5.93. The molecule has 1 aromatic rings. The molecule has 125 valence electrons. The van der Waals surface area contributed by atoms with E-state index >= 15 is 0 Å². The molecule has 0 bridgehead atoms. The highest BCUT2D eigenvalue weighted by atomic mass is 16.5. The van der Waals surface area contributed by atoms with Gasteiger partial charge >= 0.3 is 6.09 Å². The first kappa shape index (κ1) is 17.5. The number of rotatable bonds is 4. The molecule has 1 aliphatic carbocycles. The third kappa shape index (κ3) is 4.34. The number of ether oxygens (including phenoxy) is 1. The molecule has 0 aromatic heterocycles. The van der Waals surface area contributed by atoms with Crippen molar-refractivity contribution in [2.45, 2.75) is 64.3 Å². The predicted octanol–water partition coefficient (Wildman–Crippen LogP) is 4.08. The number of amides is 2. The second-order valence-electron chi connectivity index (χ2n) is 6.45. The number of nitrogens with zero attached hydrogens (tertiary/aromatic N) is 1. The van der Waals surface area contributed by atoms with E-state index in [9.17, 15) is 9.59 Å². The smallest absolute Gasteiger partial charge is 0.416 e. The minimum atomic E-state index is -0.593. The highest BCUT2D eigenvalue weighted by Gasteiger charge is 2.27. The number of benzene rings is 1. The van der Waals surface area contributed by atoms with Gasteiger partial charge in [-0.25, -0.2) is 9.69 Å².